The van der Waals surface area contributed by atoms with Crippen LogP contribution in [0, 0.1) is 13.8 Å². The molecule has 27 heavy (non-hydrogen) atoms. The molecule has 1 aromatic heterocycles. The number of carbonyl (C=O) groups is 1. The van der Waals surface area contributed by atoms with Gasteiger partial charge in [-0.3, -0.25) is 4.79 Å². The molecule has 138 valence electrons. The molecule has 1 amide bonds. The highest BCUT2D eigenvalue weighted by Crippen LogP contribution is 2.32. The molecule has 0 spiro atoms. The summed E-state index contributed by atoms with van der Waals surface area (Å²) in [7, 11) is 0. The number of halogens is 2. The van der Waals surface area contributed by atoms with E-state index in [1.165, 1.54) is 11.8 Å². The van der Waals surface area contributed by atoms with E-state index in [4.69, 9.17) is 0 Å². The van der Waals surface area contributed by atoms with Crippen LogP contribution in [0.25, 0.3) is 11.3 Å². The van der Waals surface area contributed by atoms with E-state index in [0.29, 0.717) is 5.16 Å². The zero-order chi connectivity index (χ0) is 19.4. The summed E-state index contributed by atoms with van der Waals surface area (Å²) in [6.45, 7) is 3.93. The van der Waals surface area contributed by atoms with Crippen molar-refractivity contribution >= 4 is 55.2 Å². The van der Waals surface area contributed by atoms with Crippen LogP contribution in [0.5, 0.6) is 0 Å². The van der Waals surface area contributed by atoms with Gasteiger partial charge in [-0.15, -0.1) is 0 Å². The summed E-state index contributed by atoms with van der Waals surface area (Å²) in [5.41, 5.74) is 4.58. The molecule has 0 atom stereocenters. The lowest BCUT2D eigenvalue weighted by atomic mass is 10.1. The van der Waals surface area contributed by atoms with Crippen LogP contribution < -0.4 is 5.32 Å². The Morgan fingerprint density at radius 3 is 2.37 bits per heavy atom. The highest BCUT2D eigenvalue weighted by Gasteiger charge is 2.12. The molecule has 0 bridgehead atoms. The van der Waals surface area contributed by atoms with Gasteiger partial charge in [0, 0.05) is 20.2 Å². The third-order valence-corrected chi connectivity index (χ3v) is 5.78. The summed E-state index contributed by atoms with van der Waals surface area (Å²) in [5, 5.41) is 3.52. The molecule has 0 saturated carbocycles. The van der Waals surface area contributed by atoms with E-state index in [0.717, 1.165) is 37.1 Å². The monoisotopic (exact) mass is 505 g/mol. The third kappa shape index (κ3) is 5.40. The SMILES string of the molecule is Cc1cc(Br)c(NC(=O)CSc2nc(C)cc(-c3ccccc3)n2)c(Br)c1. The Hall–Kier alpha value is -1.70. The van der Waals surface area contributed by atoms with E-state index >= 15 is 0 Å². The van der Waals surface area contributed by atoms with Crippen LogP contribution in [-0.2, 0) is 4.79 Å². The van der Waals surface area contributed by atoms with E-state index in [9.17, 15) is 4.79 Å². The second kappa shape index (κ2) is 8.99. The molecule has 0 unspecified atom stereocenters. The number of benzene rings is 2. The Bertz CT molecular complexity index is 957. The van der Waals surface area contributed by atoms with Crippen molar-refractivity contribution in [2.24, 2.45) is 0 Å². The molecule has 1 heterocycles. The van der Waals surface area contributed by atoms with Gasteiger partial charge < -0.3 is 5.32 Å². The molecule has 0 saturated heterocycles. The molecule has 3 rings (SSSR count). The molecule has 2 aromatic carbocycles. The average Bonchev–Trinajstić information content (AvgIpc) is 2.63. The minimum absolute atomic E-state index is 0.114. The first-order valence-corrected chi connectivity index (χ1v) is 10.8. The minimum Gasteiger partial charge on any atom is -0.323 e. The first-order chi connectivity index (χ1) is 12.9. The number of aromatic nitrogens is 2. The van der Waals surface area contributed by atoms with Crippen molar-refractivity contribution in [2.75, 3.05) is 11.1 Å². The van der Waals surface area contributed by atoms with Gasteiger partial charge in [-0.25, -0.2) is 9.97 Å². The lowest BCUT2D eigenvalue weighted by molar-refractivity contribution is -0.113. The Kier molecular flexibility index (Phi) is 6.68. The van der Waals surface area contributed by atoms with Crippen LogP contribution in [0.2, 0.25) is 0 Å². The van der Waals surface area contributed by atoms with E-state index in [1.807, 2.05) is 62.4 Å². The molecule has 4 nitrogen and oxygen atoms in total. The third-order valence-electron chi connectivity index (χ3n) is 3.69. The summed E-state index contributed by atoms with van der Waals surface area (Å²) < 4.78 is 1.68. The minimum atomic E-state index is -0.114. The van der Waals surface area contributed by atoms with E-state index < -0.39 is 0 Å². The van der Waals surface area contributed by atoms with Gasteiger partial charge in [0.05, 0.1) is 17.1 Å². The number of thioether (sulfide) groups is 1. The van der Waals surface area contributed by atoms with Crippen molar-refractivity contribution in [3.63, 3.8) is 0 Å². The molecule has 7 heteroatoms. The Balaban J connectivity index is 1.70. The van der Waals surface area contributed by atoms with Crippen molar-refractivity contribution in [3.8, 4) is 11.3 Å². The molecule has 0 aliphatic carbocycles. The first-order valence-electron chi connectivity index (χ1n) is 8.22. The maximum absolute atomic E-state index is 12.4. The number of nitrogens with zero attached hydrogens (tertiary/aromatic N) is 2. The van der Waals surface area contributed by atoms with Gasteiger partial charge in [0.25, 0.3) is 0 Å². The first kappa shape index (κ1) is 20.0. The van der Waals surface area contributed by atoms with Crippen molar-refractivity contribution in [2.45, 2.75) is 19.0 Å². The maximum Gasteiger partial charge on any atom is 0.234 e. The molecule has 0 aliphatic rings. The number of hydrogen-bond donors (Lipinski definition) is 1. The molecule has 0 aliphatic heterocycles. The van der Waals surface area contributed by atoms with Crippen molar-refractivity contribution in [3.05, 3.63) is 68.7 Å². The number of aryl methyl sites for hydroxylation is 2. The van der Waals surface area contributed by atoms with Crippen molar-refractivity contribution in [1.29, 1.82) is 0 Å². The number of rotatable bonds is 5. The number of nitrogens with one attached hydrogen (secondary N) is 1. The van der Waals surface area contributed by atoms with Crippen LogP contribution >= 0.6 is 43.6 Å². The van der Waals surface area contributed by atoms with Gasteiger partial charge in [0.2, 0.25) is 5.91 Å². The largest absolute Gasteiger partial charge is 0.323 e. The number of hydrogen-bond acceptors (Lipinski definition) is 4. The molecule has 0 radical (unpaired) electrons. The van der Waals surface area contributed by atoms with Crippen molar-refractivity contribution < 1.29 is 4.79 Å². The van der Waals surface area contributed by atoms with Crippen LogP contribution in [0.4, 0.5) is 5.69 Å². The highest BCUT2D eigenvalue weighted by atomic mass is 79.9. The van der Waals surface area contributed by atoms with Gasteiger partial charge in [-0.2, -0.15) is 0 Å². The summed E-state index contributed by atoms with van der Waals surface area (Å²) >= 11 is 8.30. The molecule has 1 N–H and O–H groups in total. The average molecular weight is 507 g/mol. The summed E-state index contributed by atoms with van der Waals surface area (Å²) in [4.78, 5) is 21.4. The van der Waals surface area contributed by atoms with Crippen LogP contribution in [0.15, 0.2) is 62.6 Å². The lowest BCUT2D eigenvalue weighted by Crippen LogP contribution is -2.15. The van der Waals surface area contributed by atoms with E-state index in [-0.39, 0.29) is 11.7 Å². The maximum atomic E-state index is 12.4. The van der Waals surface area contributed by atoms with Gasteiger partial charge in [0.1, 0.15) is 0 Å². The fourth-order valence-electron chi connectivity index (χ4n) is 2.49. The molecule has 3 aromatic rings. The van der Waals surface area contributed by atoms with Gasteiger partial charge in [-0.1, -0.05) is 42.1 Å². The second-order valence-electron chi connectivity index (χ2n) is 5.98. The Morgan fingerprint density at radius 2 is 1.70 bits per heavy atom. The summed E-state index contributed by atoms with van der Waals surface area (Å²) in [6, 6.07) is 15.8. The Labute approximate surface area is 179 Å². The Morgan fingerprint density at radius 1 is 1.04 bits per heavy atom. The zero-order valence-corrected chi connectivity index (χ0v) is 18.8. The van der Waals surface area contributed by atoms with Gasteiger partial charge in [-0.05, 0) is 69.5 Å². The van der Waals surface area contributed by atoms with Crippen LogP contribution in [0.3, 0.4) is 0 Å². The lowest BCUT2D eigenvalue weighted by Gasteiger charge is -2.11. The van der Waals surface area contributed by atoms with Gasteiger partial charge >= 0.3 is 0 Å². The molecular formula is C20H17Br2N3OS. The number of anilines is 1. The summed E-state index contributed by atoms with van der Waals surface area (Å²) in [5.74, 6) is 0.112. The predicted molar refractivity (Wildman–Crippen MR) is 118 cm³/mol. The normalized spacial score (nSPS) is 10.7. The number of amides is 1. The van der Waals surface area contributed by atoms with Crippen LogP contribution in [0.1, 0.15) is 11.3 Å². The topological polar surface area (TPSA) is 54.9 Å². The predicted octanol–water partition coefficient (Wildman–Crippen LogP) is 6.02. The van der Waals surface area contributed by atoms with Crippen molar-refractivity contribution in [1.82, 2.24) is 9.97 Å². The van der Waals surface area contributed by atoms with Gasteiger partial charge in [0.15, 0.2) is 5.16 Å². The second-order valence-corrected chi connectivity index (χ2v) is 8.63. The fraction of sp³-hybridized carbons (Fsp3) is 0.150. The zero-order valence-electron chi connectivity index (χ0n) is 14.8. The number of carbonyl (C=O) groups excluding carboxylic acids is 1. The highest BCUT2D eigenvalue weighted by molar-refractivity contribution is 9.11. The molecular weight excluding hydrogens is 490 g/mol. The standard InChI is InChI=1S/C20H17Br2N3OS/c1-12-8-15(21)19(16(22)9-12)25-18(26)11-27-20-23-13(2)10-17(24-20)14-6-4-3-5-7-14/h3-10H,11H2,1-2H3,(H,25,26). The summed E-state index contributed by atoms with van der Waals surface area (Å²) in [6.07, 6.45) is 0. The van der Waals surface area contributed by atoms with E-state index in [1.54, 1.807) is 0 Å². The quantitative estimate of drug-likeness (QED) is 0.339. The van der Waals surface area contributed by atoms with E-state index in [2.05, 4.69) is 47.1 Å². The van der Waals surface area contributed by atoms with Crippen LogP contribution in [-0.4, -0.2) is 21.6 Å². The molecule has 0 fully saturated rings. The smallest absolute Gasteiger partial charge is 0.234 e. The fourth-order valence-corrected chi connectivity index (χ4v) is 4.80.